The highest BCUT2D eigenvalue weighted by molar-refractivity contribution is 5.90. The van der Waals surface area contributed by atoms with Crippen molar-refractivity contribution in [1.82, 2.24) is 16.0 Å². The summed E-state index contributed by atoms with van der Waals surface area (Å²) in [6.07, 6.45) is -0.184. The first-order valence-corrected chi connectivity index (χ1v) is 10.6. The van der Waals surface area contributed by atoms with Crippen LogP contribution in [-0.4, -0.2) is 56.8 Å². The smallest absolute Gasteiger partial charge is 0.414 e. The Morgan fingerprint density at radius 3 is 2.78 bits per heavy atom. The molecule has 32 heavy (non-hydrogen) atoms. The summed E-state index contributed by atoms with van der Waals surface area (Å²) in [5, 5.41) is 9.05. The highest BCUT2D eigenvalue weighted by Gasteiger charge is 2.32. The minimum Gasteiger partial charge on any atom is -0.442 e. The van der Waals surface area contributed by atoms with Gasteiger partial charge in [0.15, 0.2) is 5.96 Å². The third-order valence-electron chi connectivity index (χ3n) is 5.36. The highest BCUT2D eigenvalue weighted by Crippen LogP contribution is 2.29. The third kappa shape index (κ3) is 5.16. The lowest BCUT2D eigenvalue weighted by atomic mass is 10.0. The predicted molar refractivity (Wildman–Crippen MR) is 120 cm³/mol. The number of amides is 2. The molecule has 0 radical (unpaired) electrons. The van der Waals surface area contributed by atoms with Gasteiger partial charge in [0.2, 0.25) is 5.91 Å². The molecule has 2 aliphatic heterocycles. The minimum absolute atomic E-state index is 0.197. The Labute approximate surface area is 185 Å². The molecule has 2 aromatic carbocycles. The molecule has 2 amide bonds. The van der Waals surface area contributed by atoms with E-state index in [4.69, 9.17) is 4.74 Å². The lowest BCUT2D eigenvalue weighted by Gasteiger charge is -2.15. The number of aliphatic imine (C=N–C) groups is 1. The van der Waals surface area contributed by atoms with Crippen molar-refractivity contribution in [1.29, 1.82) is 0 Å². The monoisotopic (exact) mass is 439 g/mol. The number of hydrogen-bond acceptors (Lipinski definition) is 6. The van der Waals surface area contributed by atoms with Gasteiger partial charge in [0.05, 0.1) is 25.3 Å². The Morgan fingerprint density at radius 2 is 2.09 bits per heavy atom. The SMILES string of the molecule is CC(=O)NC[C@H]1CN(c2ccc(-c3ccc(CCNC4=NCCN4)cc3)c(F)c2)C(=O)O1. The molecule has 1 atom stereocenters. The van der Waals surface area contributed by atoms with E-state index in [1.165, 1.54) is 17.9 Å². The third-order valence-corrected chi connectivity index (χ3v) is 5.36. The fourth-order valence-electron chi connectivity index (χ4n) is 3.69. The number of cyclic esters (lactones) is 1. The van der Waals surface area contributed by atoms with Crippen LogP contribution in [0.15, 0.2) is 47.5 Å². The van der Waals surface area contributed by atoms with Crippen LogP contribution in [0, 0.1) is 5.82 Å². The Morgan fingerprint density at radius 1 is 1.28 bits per heavy atom. The lowest BCUT2D eigenvalue weighted by Crippen LogP contribution is -2.34. The maximum absolute atomic E-state index is 14.9. The van der Waals surface area contributed by atoms with Crippen LogP contribution >= 0.6 is 0 Å². The van der Waals surface area contributed by atoms with E-state index >= 15 is 0 Å². The second kappa shape index (κ2) is 9.67. The van der Waals surface area contributed by atoms with Crippen molar-refractivity contribution in [2.24, 2.45) is 4.99 Å². The second-order valence-corrected chi connectivity index (χ2v) is 7.75. The molecule has 9 heteroatoms. The van der Waals surface area contributed by atoms with Crippen molar-refractivity contribution in [3.8, 4) is 11.1 Å². The van der Waals surface area contributed by atoms with Crippen LogP contribution in [0.5, 0.6) is 0 Å². The van der Waals surface area contributed by atoms with E-state index in [2.05, 4.69) is 20.9 Å². The first kappa shape index (κ1) is 21.6. The Balaban J connectivity index is 1.37. The average molecular weight is 439 g/mol. The number of benzene rings is 2. The van der Waals surface area contributed by atoms with Gasteiger partial charge in [0.25, 0.3) is 0 Å². The van der Waals surface area contributed by atoms with Gasteiger partial charge >= 0.3 is 6.09 Å². The molecule has 0 saturated carbocycles. The summed E-state index contributed by atoms with van der Waals surface area (Å²) >= 11 is 0. The van der Waals surface area contributed by atoms with Crippen LogP contribution in [0.2, 0.25) is 0 Å². The Kier molecular flexibility index (Phi) is 6.53. The van der Waals surface area contributed by atoms with Crippen molar-refractivity contribution >= 4 is 23.6 Å². The van der Waals surface area contributed by atoms with Crippen molar-refractivity contribution in [3.63, 3.8) is 0 Å². The number of rotatable bonds is 7. The molecule has 3 N–H and O–H groups in total. The molecule has 2 aliphatic rings. The van der Waals surface area contributed by atoms with Crippen LogP contribution in [-0.2, 0) is 16.0 Å². The molecule has 0 bridgehead atoms. The summed E-state index contributed by atoms with van der Waals surface area (Å²) in [7, 11) is 0. The van der Waals surface area contributed by atoms with Gasteiger partial charge in [-0.2, -0.15) is 0 Å². The molecular weight excluding hydrogens is 413 g/mol. The van der Waals surface area contributed by atoms with Gasteiger partial charge in [0, 0.05) is 25.6 Å². The summed E-state index contributed by atoms with van der Waals surface area (Å²) in [6, 6.07) is 12.5. The first-order chi connectivity index (χ1) is 15.5. The largest absolute Gasteiger partial charge is 0.442 e. The molecule has 168 valence electrons. The van der Waals surface area contributed by atoms with Crippen LogP contribution in [0.3, 0.4) is 0 Å². The zero-order valence-corrected chi connectivity index (χ0v) is 17.9. The van der Waals surface area contributed by atoms with Crippen molar-refractivity contribution < 1.29 is 18.7 Å². The van der Waals surface area contributed by atoms with Gasteiger partial charge < -0.3 is 20.7 Å². The molecule has 2 heterocycles. The normalized spacial score (nSPS) is 17.6. The van der Waals surface area contributed by atoms with Gasteiger partial charge in [-0.05, 0) is 35.7 Å². The highest BCUT2D eigenvalue weighted by atomic mass is 19.1. The predicted octanol–water partition coefficient (Wildman–Crippen LogP) is 2.05. The van der Waals surface area contributed by atoms with E-state index in [0.29, 0.717) is 11.3 Å². The number of hydrogen-bond donors (Lipinski definition) is 3. The van der Waals surface area contributed by atoms with Crippen LogP contribution in [0.4, 0.5) is 14.9 Å². The standard InChI is InChI=1S/C23H26FN5O3/c1-15(30)28-13-19-14-29(23(31)32-19)18-6-7-20(21(24)12-18)17-4-2-16(3-5-17)8-9-25-22-26-10-11-27-22/h2-7,12,19H,8-11,13-14H2,1H3,(H,28,30)(H2,25,26,27)/t19-/m0/s1. The summed E-state index contributed by atoms with van der Waals surface area (Å²) in [5.74, 6) is 0.227. The molecule has 1 saturated heterocycles. The van der Waals surface area contributed by atoms with Gasteiger partial charge in [-0.3, -0.25) is 14.7 Å². The molecule has 8 nitrogen and oxygen atoms in total. The molecule has 0 spiro atoms. The molecule has 0 aromatic heterocycles. The van der Waals surface area contributed by atoms with Gasteiger partial charge in [0.1, 0.15) is 11.9 Å². The number of guanidine groups is 1. The first-order valence-electron chi connectivity index (χ1n) is 10.6. The number of ether oxygens (including phenoxy) is 1. The van der Waals surface area contributed by atoms with Gasteiger partial charge in [-0.15, -0.1) is 0 Å². The van der Waals surface area contributed by atoms with Crippen LogP contribution in [0.25, 0.3) is 11.1 Å². The van der Waals surface area contributed by atoms with Crippen molar-refractivity contribution in [2.45, 2.75) is 19.4 Å². The molecule has 0 unspecified atom stereocenters. The average Bonchev–Trinajstić information content (AvgIpc) is 3.42. The fourth-order valence-corrected chi connectivity index (χ4v) is 3.69. The molecule has 4 rings (SSSR count). The van der Waals surface area contributed by atoms with E-state index < -0.39 is 18.0 Å². The lowest BCUT2D eigenvalue weighted by molar-refractivity contribution is -0.119. The second-order valence-electron chi connectivity index (χ2n) is 7.75. The van der Waals surface area contributed by atoms with E-state index in [-0.39, 0.29) is 19.0 Å². The summed E-state index contributed by atoms with van der Waals surface area (Å²) in [6.45, 7) is 4.32. The van der Waals surface area contributed by atoms with Gasteiger partial charge in [-0.1, -0.05) is 24.3 Å². The van der Waals surface area contributed by atoms with E-state index in [9.17, 15) is 14.0 Å². The number of carbonyl (C=O) groups is 2. The van der Waals surface area contributed by atoms with Crippen molar-refractivity contribution in [3.05, 3.63) is 53.8 Å². The molecule has 1 fully saturated rings. The maximum Gasteiger partial charge on any atom is 0.414 e. The Hall–Kier alpha value is -3.62. The van der Waals surface area contributed by atoms with E-state index in [1.807, 2.05) is 24.3 Å². The number of nitrogens with zero attached hydrogens (tertiary/aromatic N) is 2. The maximum atomic E-state index is 14.9. The van der Waals surface area contributed by atoms with E-state index in [1.54, 1.807) is 12.1 Å². The number of halogens is 1. The minimum atomic E-state index is -0.552. The van der Waals surface area contributed by atoms with E-state index in [0.717, 1.165) is 43.1 Å². The summed E-state index contributed by atoms with van der Waals surface area (Å²) in [4.78, 5) is 28.9. The van der Waals surface area contributed by atoms with Gasteiger partial charge in [-0.25, -0.2) is 9.18 Å². The van der Waals surface area contributed by atoms with Crippen molar-refractivity contribution in [2.75, 3.05) is 37.6 Å². The summed E-state index contributed by atoms with van der Waals surface area (Å²) in [5.41, 5.74) is 2.79. The Bertz CT molecular complexity index is 1020. The van der Waals surface area contributed by atoms with Crippen LogP contribution < -0.4 is 20.9 Å². The number of nitrogens with one attached hydrogen (secondary N) is 3. The number of carbonyl (C=O) groups excluding carboxylic acids is 2. The fraction of sp³-hybridized carbons (Fsp3) is 0.348. The molecule has 0 aliphatic carbocycles. The quantitative estimate of drug-likeness (QED) is 0.614. The summed E-state index contributed by atoms with van der Waals surface area (Å²) < 4.78 is 20.1. The zero-order valence-electron chi connectivity index (χ0n) is 17.9. The number of anilines is 1. The molecule has 2 aromatic rings. The zero-order chi connectivity index (χ0) is 22.5. The van der Waals surface area contributed by atoms with Crippen LogP contribution in [0.1, 0.15) is 12.5 Å². The molecular formula is C23H26FN5O3. The topological polar surface area (TPSA) is 95.1 Å².